The van der Waals surface area contributed by atoms with E-state index in [1.54, 1.807) is 0 Å². The van der Waals surface area contributed by atoms with Gasteiger partial charge < -0.3 is 10.1 Å². The fourth-order valence-corrected chi connectivity index (χ4v) is 1.24. The van der Waals surface area contributed by atoms with Crippen LogP contribution < -0.4 is 5.32 Å². The molecule has 1 aliphatic rings. The number of rotatable bonds is 2. The second-order valence-corrected chi connectivity index (χ2v) is 3.05. The molecule has 1 saturated heterocycles. The predicted octanol–water partition coefficient (Wildman–Crippen LogP) is 1.16. The Kier molecular flexibility index (Phi) is 3.16. The summed E-state index contributed by atoms with van der Waals surface area (Å²) in [5.74, 6) is 0. The molecular formula is C8H17NO. The van der Waals surface area contributed by atoms with E-state index < -0.39 is 0 Å². The fraction of sp³-hybridized carbons (Fsp3) is 1.00. The van der Waals surface area contributed by atoms with Crippen molar-refractivity contribution in [3.63, 3.8) is 0 Å². The summed E-state index contributed by atoms with van der Waals surface area (Å²) in [5, 5.41) is 3.39. The summed E-state index contributed by atoms with van der Waals surface area (Å²) in [6.07, 6.45) is 2.89. The molecule has 2 unspecified atom stereocenters. The van der Waals surface area contributed by atoms with Crippen LogP contribution in [-0.4, -0.2) is 25.3 Å². The molecule has 1 heterocycles. The van der Waals surface area contributed by atoms with E-state index in [2.05, 4.69) is 19.2 Å². The van der Waals surface area contributed by atoms with Gasteiger partial charge in [0.15, 0.2) is 0 Å². The zero-order valence-electron chi connectivity index (χ0n) is 6.89. The van der Waals surface area contributed by atoms with Crippen molar-refractivity contribution in [2.24, 2.45) is 0 Å². The summed E-state index contributed by atoms with van der Waals surface area (Å²) in [4.78, 5) is 0. The van der Waals surface area contributed by atoms with Crippen molar-refractivity contribution in [3.8, 4) is 0 Å². The summed E-state index contributed by atoms with van der Waals surface area (Å²) >= 11 is 0. The molecule has 2 atom stereocenters. The first-order valence-electron chi connectivity index (χ1n) is 4.18. The molecule has 1 rings (SSSR count). The van der Waals surface area contributed by atoms with Gasteiger partial charge in [-0.15, -0.1) is 0 Å². The maximum absolute atomic E-state index is 5.57. The highest BCUT2D eigenvalue weighted by atomic mass is 16.5. The molecule has 1 aliphatic heterocycles. The van der Waals surface area contributed by atoms with Crippen molar-refractivity contribution in [2.75, 3.05) is 13.2 Å². The van der Waals surface area contributed by atoms with Crippen LogP contribution in [0.15, 0.2) is 0 Å². The first-order chi connectivity index (χ1) is 4.83. The minimum Gasteiger partial charge on any atom is -0.375 e. The summed E-state index contributed by atoms with van der Waals surface area (Å²) in [7, 11) is 0. The van der Waals surface area contributed by atoms with Gasteiger partial charge in [0.1, 0.15) is 0 Å². The van der Waals surface area contributed by atoms with Crippen molar-refractivity contribution in [1.29, 1.82) is 0 Å². The van der Waals surface area contributed by atoms with Crippen LogP contribution in [0, 0.1) is 0 Å². The van der Waals surface area contributed by atoms with E-state index in [-0.39, 0.29) is 0 Å². The van der Waals surface area contributed by atoms with Crippen molar-refractivity contribution in [1.82, 2.24) is 5.32 Å². The third-order valence-corrected chi connectivity index (χ3v) is 1.89. The van der Waals surface area contributed by atoms with Crippen molar-refractivity contribution < 1.29 is 4.74 Å². The molecule has 0 radical (unpaired) electrons. The number of hydrogen-bond acceptors (Lipinski definition) is 2. The Morgan fingerprint density at radius 3 is 2.90 bits per heavy atom. The van der Waals surface area contributed by atoms with Gasteiger partial charge in [-0.05, 0) is 13.3 Å². The molecule has 2 heteroatoms. The normalized spacial score (nSPS) is 34.2. The smallest absolute Gasteiger partial charge is 0.0700 e. The highest BCUT2D eigenvalue weighted by Crippen LogP contribution is 2.06. The Morgan fingerprint density at radius 2 is 2.40 bits per heavy atom. The van der Waals surface area contributed by atoms with Gasteiger partial charge in [-0.3, -0.25) is 0 Å². The zero-order valence-corrected chi connectivity index (χ0v) is 6.89. The molecule has 0 aromatic heterocycles. The second-order valence-electron chi connectivity index (χ2n) is 3.05. The number of hydrogen-bond donors (Lipinski definition) is 1. The lowest BCUT2D eigenvalue weighted by molar-refractivity contribution is 0.00341. The van der Waals surface area contributed by atoms with E-state index in [9.17, 15) is 0 Å². The van der Waals surface area contributed by atoms with Gasteiger partial charge in [-0.2, -0.15) is 0 Å². The second kappa shape index (κ2) is 3.94. The zero-order chi connectivity index (χ0) is 7.40. The van der Waals surface area contributed by atoms with Crippen molar-refractivity contribution >= 4 is 0 Å². The SMILES string of the molecule is CCCC1CNC(C)CO1. The predicted molar refractivity (Wildman–Crippen MR) is 42.1 cm³/mol. The van der Waals surface area contributed by atoms with Crippen LogP contribution in [0.2, 0.25) is 0 Å². The van der Waals surface area contributed by atoms with Crippen LogP contribution in [0.1, 0.15) is 26.7 Å². The molecule has 1 fully saturated rings. The number of ether oxygens (including phenoxy) is 1. The third kappa shape index (κ3) is 2.27. The van der Waals surface area contributed by atoms with Crippen LogP contribution in [-0.2, 0) is 4.74 Å². The average molecular weight is 143 g/mol. The quantitative estimate of drug-likeness (QED) is 0.626. The molecule has 1 N–H and O–H groups in total. The fourth-order valence-electron chi connectivity index (χ4n) is 1.24. The molecule has 0 aromatic rings. The van der Waals surface area contributed by atoms with Crippen molar-refractivity contribution in [2.45, 2.75) is 38.8 Å². The monoisotopic (exact) mass is 143 g/mol. The lowest BCUT2D eigenvalue weighted by Crippen LogP contribution is -2.44. The van der Waals surface area contributed by atoms with E-state index in [0.717, 1.165) is 13.2 Å². The molecule has 0 aliphatic carbocycles. The van der Waals surface area contributed by atoms with E-state index in [4.69, 9.17) is 4.74 Å². The maximum atomic E-state index is 5.57. The lowest BCUT2D eigenvalue weighted by atomic mass is 10.1. The molecule has 10 heavy (non-hydrogen) atoms. The van der Waals surface area contributed by atoms with E-state index in [1.165, 1.54) is 12.8 Å². The van der Waals surface area contributed by atoms with Gasteiger partial charge in [0, 0.05) is 12.6 Å². The highest BCUT2D eigenvalue weighted by molar-refractivity contribution is 4.71. The number of nitrogens with one attached hydrogen (secondary N) is 1. The highest BCUT2D eigenvalue weighted by Gasteiger charge is 2.16. The molecule has 0 saturated carbocycles. The average Bonchev–Trinajstić information content (AvgIpc) is 1.95. The standard InChI is InChI=1S/C8H17NO/c1-3-4-8-5-9-7(2)6-10-8/h7-9H,3-6H2,1-2H3. The Balaban J connectivity index is 2.13. The lowest BCUT2D eigenvalue weighted by Gasteiger charge is -2.27. The third-order valence-electron chi connectivity index (χ3n) is 1.89. The summed E-state index contributed by atoms with van der Waals surface area (Å²) in [5.41, 5.74) is 0. The van der Waals surface area contributed by atoms with Crippen LogP contribution in [0.25, 0.3) is 0 Å². The molecule has 60 valence electrons. The minimum atomic E-state index is 0.473. The summed E-state index contributed by atoms with van der Waals surface area (Å²) in [6.45, 7) is 6.27. The largest absolute Gasteiger partial charge is 0.375 e. The van der Waals surface area contributed by atoms with Crippen LogP contribution in [0.5, 0.6) is 0 Å². The van der Waals surface area contributed by atoms with Crippen LogP contribution in [0.4, 0.5) is 0 Å². The van der Waals surface area contributed by atoms with Crippen molar-refractivity contribution in [3.05, 3.63) is 0 Å². The van der Waals surface area contributed by atoms with Crippen LogP contribution >= 0.6 is 0 Å². The molecule has 0 aromatic carbocycles. The van der Waals surface area contributed by atoms with Gasteiger partial charge in [0.05, 0.1) is 12.7 Å². The minimum absolute atomic E-state index is 0.473. The molecule has 0 bridgehead atoms. The van der Waals surface area contributed by atoms with Gasteiger partial charge in [-0.1, -0.05) is 13.3 Å². The van der Waals surface area contributed by atoms with Gasteiger partial charge >= 0.3 is 0 Å². The summed E-state index contributed by atoms with van der Waals surface area (Å²) < 4.78 is 5.57. The van der Waals surface area contributed by atoms with E-state index in [1.807, 2.05) is 0 Å². The maximum Gasteiger partial charge on any atom is 0.0700 e. The first kappa shape index (κ1) is 8.02. The Hall–Kier alpha value is -0.0800. The van der Waals surface area contributed by atoms with Gasteiger partial charge in [0.25, 0.3) is 0 Å². The Morgan fingerprint density at radius 1 is 1.60 bits per heavy atom. The van der Waals surface area contributed by atoms with E-state index >= 15 is 0 Å². The molecule has 0 amide bonds. The van der Waals surface area contributed by atoms with E-state index in [0.29, 0.717) is 12.1 Å². The van der Waals surface area contributed by atoms with Gasteiger partial charge in [-0.25, -0.2) is 0 Å². The van der Waals surface area contributed by atoms with Gasteiger partial charge in [0.2, 0.25) is 0 Å². The Labute approximate surface area is 63.0 Å². The Bertz CT molecular complexity index is 87.3. The molecular weight excluding hydrogens is 126 g/mol. The molecule has 0 spiro atoms. The first-order valence-corrected chi connectivity index (χ1v) is 4.18. The van der Waals surface area contributed by atoms with Crippen LogP contribution in [0.3, 0.4) is 0 Å². The molecule has 2 nitrogen and oxygen atoms in total. The number of morpholine rings is 1. The summed E-state index contributed by atoms with van der Waals surface area (Å²) in [6, 6.07) is 0.549. The topological polar surface area (TPSA) is 21.3 Å².